The SMILES string of the molecule is COc1cc(F)cc2n[nH]c(I)c12. The van der Waals surface area contributed by atoms with Crippen molar-refractivity contribution in [2.24, 2.45) is 0 Å². The molecule has 0 fully saturated rings. The lowest BCUT2D eigenvalue weighted by Crippen LogP contribution is -1.86. The molecule has 1 N–H and O–H groups in total. The first-order valence-electron chi connectivity index (χ1n) is 3.59. The van der Waals surface area contributed by atoms with Crippen LogP contribution in [0.2, 0.25) is 0 Å². The van der Waals surface area contributed by atoms with E-state index in [1.807, 2.05) is 0 Å². The molecule has 1 aromatic carbocycles. The molecule has 0 saturated carbocycles. The Bertz CT molecular complexity index is 455. The number of halogens is 2. The van der Waals surface area contributed by atoms with Gasteiger partial charge in [-0.25, -0.2) is 4.39 Å². The minimum Gasteiger partial charge on any atom is -0.496 e. The molecule has 2 aromatic rings. The summed E-state index contributed by atoms with van der Waals surface area (Å²) in [5.41, 5.74) is 0.584. The van der Waals surface area contributed by atoms with Crippen LogP contribution < -0.4 is 4.74 Å². The summed E-state index contributed by atoms with van der Waals surface area (Å²) in [6.07, 6.45) is 0. The first-order valence-corrected chi connectivity index (χ1v) is 4.67. The predicted octanol–water partition coefficient (Wildman–Crippen LogP) is 2.32. The Morgan fingerprint density at radius 1 is 1.54 bits per heavy atom. The fraction of sp³-hybridized carbons (Fsp3) is 0.125. The van der Waals surface area contributed by atoms with Crippen molar-refractivity contribution in [1.29, 1.82) is 0 Å². The van der Waals surface area contributed by atoms with Gasteiger partial charge < -0.3 is 4.74 Å². The molecule has 0 amide bonds. The van der Waals surface area contributed by atoms with Crippen LogP contribution in [0.3, 0.4) is 0 Å². The third-order valence-electron chi connectivity index (χ3n) is 1.76. The predicted molar refractivity (Wildman–Crippen MR) is 55.3 cm³/mol. The first kappa shape index (κ1) is 8.74. The van der Waals surface area contributed by atoms with Gasteiger partial charge in [-0.2, -0.15) is 5.10 Å². The second-order valence-corrected chi connectivity index (χ2v) is 3.62. The third-order valence-corrected chi connectivity index (χ3v) is 2.54. The van der Waals surface area contributed by atoms with Crippen molar-refractivity contribution in [2.45, 2.75) is 0 Å². The van der Waals surface area contributed by atoms with Crippen molar-refractivity contribution in [3.05, 3.63) is 21.7 Å². The van der Waals surface area contributed by atoms with E-state index >= 15 is 0 Å². The highest BCUT2D eigenvalue weighted by Gasteiger charge is 2.10. The second kappa shape index (κ2) is 3.13. The fourth-order valence-electron chi connectivity index (χ4n) is 1.20. The van der Waals surface area contributed by atoms with E-state index in [0.29, 0.717) is 11.3 Å². The molecule has 0 atom stereocenters. The molecule has 0 aliphatic rings. The van der Waals surface area contributed by atoms with E-state index in [9.17, 15) is 4.39 Å². The Hall–Kier alpha value is -0.850. The van der Waals surface area contributed by atoms with E-state index in [4.69, 9.17) is 4.74 Å². The topological polar surface area (TPSA) is 37.9 Å². The molecule has 0 aliphatic heterocycles. The molecule has 0 unspecified atom stereocenters. The monoisotopic (exact) mass is 292 g/mol. The molecule has 3 nitrogen and oxygen atoms in total. The Labute approximate surface area is 87.4 Å². The van der Waals surface area contributed by atoms with Crippen LogP contribution in [-0.4, -0.2) is 17.3 Å². The Balaban J connectivity index is 2.85. The zero-order valence-corrected chi connectivity index (χ0v) is 8.92. The zero-order valence-electron chi connectivity index (χ0n) is 6.77. The van der Waals surface area contributed by atoms with E-state index in [1.54, 1.807) is 0 Å². The van der Waals surface area contributed by atoms with Crippen LogP contribution in [0, 0.1) is 9.52 Å². The van der Waals surface area contributed by atoms with Gasteiger partial charge in [0.25, 0.3) is 0 Å². The molecule has 0 saturated heterocycles. The summed E-state index contributed by atoms with van der Waals surface area (Å²) in [5.74, 6) is 0.167. The van der Waals surface area contributed by atoms with Crippen molar-refractivity contribution in [3.8, 4) is 5.75 Å². The minimum absolute atomic E-state index is 0.341. The van der Waals surface area contributed by atoms with E-state index in [1.165, 1.54) is 19.2 Å². The molecule has 0 bridgehead atoms. The van der Waals surface area contributed by atoms with Crippen molar-refractivity contribution in [1.82, 2.24) is 10.2 Å². The number of aromatic amines is 1. The number of nitrogens with zero attached hydrogens (tertiary/aromatic N) is 1. The lowest BCUT2D eigenvalue weighted by Gasteiger charge is -2.00. The summed E-state index contributed by atoms with van der Waals surface area (Å²) in [6.45, 7) is 0. The summed E-state index contributed by atoms with van der Waals surface area (Å²) in [7, 11) is 1.51. The van der Waals surface area contributed by atoms with E-state index < -0.39 is 0 Å². The van der Waals surface area contributed by atoms with Crippen LogP contribution in [0.15, 0.2) is 12.1 Å². The van der Waals surface area contributed by atoms with Gasteiger partial charge in [-0.05, 0) is 22.6 Å². The van der Waals surface area contributed by atoms with Gasteiger partial charge in [0.05, 0.1) is 18.0 Å². The average Bonchev–Trinajstić information content (AvgIpc) is 2.46. The number of methoxy groups -OCH3 is 1. The molecule has 0 aliphatic carbocycles. The Morgan fingerprint density at radius 2 is 2.31 bits per heavy atom. The smallest absolute Gasteiger partial charge is 0.133 e. The van der Waals surface area contributed by atoms with Crippen molar-refractivity contribution in [3.63, 3.8) is 0 Å². The normalized spacial score (nSPS) is 10.7. The van der Waals surface area contributed by atoms with Gasteiger partial charge in [0.2, 0.25) is 0 Å². The van der Waals surface area contributed by atoms with Gasteiger partial charge >= 0.3 is 0 Å². The van der Waals surface area contributed by atoms with Crippen LogP contribution >= 0.6 is 22.6 Å². The number of benzene rings is 1. The number of hydrogen-bond donors (Lipinski definition) is 1. The van der Waals surface area contributed by atoms with Gasteiger partial charge in [0, 0.05) is 12.1 Å². The largest absolute Gasteiger partial charge is 0.496 e. The Morgan fingerprint density at radius 3 is 3.00 bits per heavy atom. The van der Waals surface area contributed by atoms with E-state index in [2.05, 4.69) is 32.8 Å². The maximum absolute atomic E-state index is 13.0. The van der Waals surface area contributed by atoms with Crippen LogP contribution in [-0.2, 0) is 0 Å². The molecular weight excluding hydrogens is 286 g/mol. The summed E-state index contributed by atoms with van der Waals surface area (Å²) < 4.78 is 18.9. The van der Waals surface area contributed by atoms with Crippen molar-refractivity contribution < 1.29 is 9.13 Å². The highest BCUT2D eigenvalue weighted by Crippen LogP contribution is 2.28. The van der Waals surface area contributed by atoms with Crippen LogP contribution in [0.5, 0.6) is 5.75 Å². The molecule has 13 heavy (non-hydrogen) atoms. The van der Waals surface area contributed by atoms with Gasteiger partial charge in [0.15, 0.2) is 0 Å². The molecule has 68 valence electrons. The zero-order chi connectivity index (χ0) is 9.42. The standard InChI is InChI=1S/C8H6FIN2O/c1-13-6-3-4(9)2-5-7(6)8(10)12-11-5/h2-3H,1H3,(H,11,12). The number of ether oxygens (including phenoxy) is 1. The number of hydrogen-bond acceptors (Lipinski definition) is 2. The highest BCUT2D eigenvalue weighted by atomic mass is 127. The van der Waals surface area contributed by atoms with Crippen LogP contribution in [0.1, 0.15) is 0 Å². The van der Waals surface area contributed by atoms with Crippen LogP contribution in [0.25, 0.3) is 10.9 Å². The molecule has 5 heteroatoms. The summed E-state index contributed by atoms with van der Waals surface area (Å²) >= 11 is 2.09. The maximum atomic E-state index is 13.0. The summed E-state index contributed by atoms with van der Waals surface area (Å²) in [4.78, 5) is 0. The summed E-state index contributed by atoms with van der Waals surface area (Å²) in [5, 5.41) is 7.53. The van der Waals surface area contributed by atoms with Crippen molar-refractivity contribution in [2.75, 3.05) is 7.11 Å². The number of rotatable bonds is 1. The fourth-order valence-corrected chi connectivity index (χ4v) is 1.87. The van der Waals surface area contributed by atoms with Gasteiger partial charge in [-0.3, -0.25) is 5.10 Å². The van der Waals surface area contributed by atoms with Crippen molar-refractivity contribution >= 4 is 33.5 Å². The minimum atomic E-state index is -0.341. The highest BCUT2D eigenvalue weighted by molar-refractivity contribution is 14.1. The quantitative estimate of drug-likeness (QED) is 0.819. The lowest BCUT2D eigenvalue weighted by molar-refractivity contribution is 0.416. The summed E-state index contributed by atoms with van der Waals surface area (Å²) in [6, 6.07) is 2.72. The molecule has 1 aromatic heterocycles. The van der Waals surface area contributed by atoms with E-state index in [-0.39, 0.29) is 5.82 Å². The molecular formula is C8H6FIN2O. The molecule has 1 heterocycles. The van der Waals surface area contributed by atoms with Gasteiger partial charge in [0.1, 0.15) is 15.3 Å². The van der Waals surface area contributed by atoms with Gasteiger partial charge in [-0.15, -0.1) is 0 Å². The first-order chi connectivity index (χ1) is 6.22. The molecule has 2 rings (SSSR count). The second-order valence-electron chi connectivity index (χ2n) is 2.54. The Kier molecular flexibility index (Phi) is 2.10. The molecule has 0 radical (unpaired) electrons. The number of fused-ring (bicyclic) bond motifs is 1. The van der Waals surface area contributed by atoms with E-state index in [0.717, 1.165) is 9.09 Å². The lowest BCUT2D eigenvalue weighted by atomic mass is 10.2. The third kappa shape index (κ3) is 1.37. The number of H-pyrrole nitrogens is 1. The maximum Gasteiger partial charge on any atom is 0.133 e. The van der Waals surface area contributed by atoms with Gasteiger partial charge in [-0.1, -0.05) is 0 Å². The average molecular weight is 292 g/mol. The molecule has 0 spiro atoms. The number of aromatic nitrogens is 2. The number of nitrogens with one attached hydrogen (secondary N) is 1. The van der Waals surface area contributed by atoms with Crippen LogP contribution in [0.4, 0.5) is 4.39 Å².